The summed E-state index contributed by atoms with van der Waals surface area (Å²) >= 11 is 0. The van der Waals surface area contributed by atoms with Crippen LogP contribution < -0.4 is 10.1 Å². The highest BCUT2D eigenvalue weighted by atomic mass is 19.1. The molecule has 0 saturated heterocycles. The van der Waals surface area contributed by atoms with E-state index in [4.69, 9.17) is 4.74 Å². The van der Waals surface area contributed by atoms with Gasteiger partial charge >= 0.3 is 0 Å². The van der Waals surface area contributed by atoms with Gasteiger partial charge in [0.15, 0.2) is 0 Å². The van der Waals surface area contributed by atoms with Gasteiger partial charge in [0, 0.05) is 23.7 Å². The van der Waals surface area contributed by atoms with Crippen molar-refractivity contribution >= 4 is 0 Å². The monoisotopic (exact) mass is 291 g/mol. The summed E-state index contributed by atoms with van der Waals surface area (Å²) in [5.41, 5.74) is 1.70. The molecule has 21 heavy (non-hydrogen) atoms. The summed E-state index contributed by atoms with van der Waals surface area (Å²) < 4.78 is 32.8. The Morgan fingerprint density at radius 1 is 1.05 bits per heavy atom. The lowest BCUT2D eigenvalue weighted by atomic mass is 10.0. The van der Waals surface area contributed by atoms with Crippen LogP contribution >= 0.6 is 0 Å². The maximum Gasteiger partial charge on any atom is 0.131 e. The Morgan fingerprint density at radius 2 is 1.81 bits per heavy atom. The average Bonchev–Trinajstić information content (AvgIpc) is 2.46. The van der Waals surface area contributed by atoms with Gasteiger partial charge in [0.05, 0.1) is 7.11 Å². The molecule has 0 aromatic heterocycles. The van der Waals surface area contributed by atoms with Gasteiger partial charge in [-0.25, -0.2) is 8.78 Å². The van der Waals surface area contributed by atoms with Crippen LogP contribution in [0.5, 0.6) is 5.75 Å². The van der Waals surface area contributed by atoms with Crippen molar-refractivity contribution < 1.29 is 13.5 Å². The van der Waals surface area contributed by atoms with Crippen molar-refractivity contribution in [3.8, 4) is 16.9 Å². The number of benzene rings is 2. The second-order valence-electron chi connectivity index (χ2n) is 5.19. The van der Waals surface area contributed by atoms with Crippen LogP contribution in [0.25, 0.3) is 11.1 Å². The Balaban J connectivity index is 2.43. The Kier molecular flexibility index (Phi) is 4.91. The Labute approximate surface area is 123 Å². The van der Waals surface area contributed by atoms with E-state index in [0.717, 1.165) is 5.56 Å². The molecule has 0 atom stereocenters. The number of methoxy groups -OCH3 is 1. The van der Waals surface area contributed by atoms with Crippen molar-refractivity contribution in [1.29, 1.82) is 0 Å². The highest BCUT2D eigenvalue weighted by molar-refractivity contribution is 5.71. The molecular weight excluding hydrogens is 272 g/mol. The maximum absolute atomic E-state index is 14.1. The quantitative estimate of drug-likeness (QED) is 0.894. The number of ether oxygens (including phenoxy) is 1. The summed E-state index contributed by atoms with van der Waals surface area (Å²) in [7, 11) is 1.48. The van der Waals surface area contributed by atoms with Crippen LogP contribution in [-0.2, 0) is 6.54 Å². The molecule has 0 aliphatic carbocycles. The van der Waals surface area contributed by atoms with E-state index in [1.54, 1.807) is 12.1 Å². The van der Waals surface area contributed by atoms with Crippen molar-refractivity contribution in [2.24, 2.45) is 0 Å². The van der Waals surface area contributed by atoms with Crippen LogP contribution in [0.4, 0.5) is 8.78 Å². The van der Waals surface area contributed by atoms with Crippen molar-refractivity contribution in [2.75, 3.05) is 7.11 Å². The maximum atomic E-state index is 14.1. The van der Waals surface area contributed by atoms with E-state index < -0.39 is 11.6 Å². The lowest BCUT2D eigenvalue weighted by molar-refractivity contribution is 0.415. The topological polar surface area (TPSA) is 21.3 Å². The van der Waals surface area contributed by atoms with Crippen LogP contribution in [0.2, 0.25) is 0 Å². The highest BCUT2D eigenvalue weighted by Gasteiger charge is 2.12. The molecule has 0 heterocycles. The smallest absolute Gasteiger partial charge is 0.131 e. The Hall–Kier alpha value is -1.94. The third-order valence-electron chi connectivity index (χ3n) is 3.20. The lowest BCUT2D eigenvalue weighted by Gasteiger charge is -2.13. The van der Waals surface area contributed by atoms with E-state index in [9.17, 15) is 8.78 Å². The van der Waals surface area contributed by atoms with Crippen LogP contribution in [0.3, 0.4) is 0 Å². The number of rotatable bonds is 5. The van der Waals surface area contributed by atoms with Crippen molar-refractivity contribution in [3.63, 3.8) is 0 Å². The minimum absolute atomic E-state index is 0.335. The van der Waals surface area contributed by atoms with Gasteiger partial charge in [-0.2, -0.15) is 0 Å². The predicted molar refractivity (Wildman–Crippen MR) is 80.3 cm³/mol. The van der Waals surface area contributed by atoms with E-state index >= 15 is 0 Å². The van der Waals surface area contributed by atoms with Gasteiger partial charge < -0.3 is 10.1 Å². The molecule has 2 rings (SSSR count). The summed E-state index contributed by atoms with van der Waals surface area (Å²) in [6.07, 6.45) is 0. The van der Waals surface area contributed by atoms with Gasteiger partial charge in [0.2, 0.25) is 0 Å². The highest BCUT2D eigenvalue weighted by Crippen LogP contribution is 2.33. The second-order valence-corrected chi connectivity index (χ2v) is 5.19. The molecule has 112 valence electrons. The van der Waals surface area contributed by atoms with Gasteiger partial charge in [-0.1, -0.05) is 19.9 Å². The first-order valence-electron chi connectivity index (χ1n) is 6.87. The summed E-state index contributed by atoms with van der Waals surface area (Å²) in [6, 6.07) is 9.27. The van der Waals surface area contributed by atoms with Crippen LogP contribution in [0.1, 0.15) is 19.4 Å². The number of nitrogens with one attached hydrogen (secondary N) is 1. The Morgan fingerprint density at radius 3 is 2.48 bits per heavy atom. The molecule has 0 unspecified atom stereocenters. The number of halogens is 2. The zero-order valence-corrected chi connectivity index (χ0v) is 12.4. The lowest BCUT2D eigenvalue weighted by Crippen LogP contribution is -2.21. The molecule has 0 spiro atoms. The zero-order valence-electron chi connectivity index (χ0n) is 12.4. The largest absolute Gasteiger partial charge is 0.496 e. The molecule has 0 amide bonds. The van der Waals surface area contributed by atoms with Gasteiger partial charge in [-0.15, -0.1) is 0 Å². The molecule has 2 aromatic rings. The molecule has 1 N–H and O–H groups in total. The summed E-state index contributed by atoms with van der Waals surface area (Å²) in [6.45, 7) is 4.71. The first-order chi connectivity index (χ1) is 10.0. The third kappa shape index (κ3) is 3.79. The minimum Gasteiger partial charge on any atom is -0.496 e. The fraction of sp³-hybridized carbons (Fsp3) is 0.294. The van der Waals surface area contributed by atoms with E-state index in [0.29, 0.717) is 29.5 Å². The van der Waals surface area contributed by atoms with E-state index in [-0.39, 0.29) is 0 Å². The zero-order chi connectivity index (χ0) is 15.4. The molecule has 4 heteroatoms. The molecule has 0 aliphatic heterocycles. The van der Waals surface area contributed by atoms with E-state index in [1.165, 1.54) is 31.4 Å². The van der Waals surface area contributed by atoms with Gasteiger partial charge in [-0.3, -0.25) is 0 Å². The predicted octanol–water partition coefficient (Wildman–Crippen LogP) is 4.14. The average molecular weight is 291 g/mol. The summed E-state index contributed by atoms with van der Waals surface area (Å²) in [4.78, 5) is 0. The first kappa shape index (κ1) is 15.4. The molecule has 0 saturated carbocycles. The molecule has 2 nitrogen and oxygen atoms in total. The summed E-state index contributed by atoms with van der Waals surface area (Å²) in [5.74, 6) is -0.368. The SMILES string of the molecule is COc1ccc(F)cc1-c1cc(CNC(C)C)ccc1F. The fourth-order valence-corrected chi connectivity index (χ4v) is 2.10. The van der Waals surface area contributed by atoms with Crippen molar-refractivity contribution in [3.05, 3.63) is 53.6 Å². The molecule has 0 bridgehead atoms. The van der Waals surface area contributed by atoms with Crippen molar-refractivity contribution in [2.45, 2.75) is 26.4 Å². The van der Waals surface area contributed by atoms with Crippen molar-refractivity contribution in [1.82, 2.24) is 5.32 Å². The standard InChI is InChI=1S/C17H19F2NO/c1-11(2)20-10-12-4-6-16(19)14(8-12)15-9-13(18)5-7-17(15)21-3/h4-9,11,20H,10H2,1-3H3. The van der Waals surface area contributed by atoms with Crippen LogP contribution in [0.15, 0.2) is 36.4 Å². The second kappa shape index (κ2) is 6.68. The molecule has 0 fully saturated rings. The first-order valence-corrected chi connectivity index (χ1v) is 6.87. The normalized spacial score (nSPS) is 11.0. The number of hydrogen-bond donors (Lipinski definition) is 1. The van der Waals surface area contributed by atoms with E-state index in [2.05, 4.69) is 5.32 Å². The molecular formula is C17H19F2NO. The number of hydrogen-bond acceptors (Lipinski definition) is 2. The molecule has 0 aliphatic rings. The Bertz CT molecular complexity index is 626. The van der Waals surface area contributed by atoms with Gasteiger partial charge in [-0.05, 0) is 35.9 Å². The van der Waals surface area contributed by atoms with Gasteiger partial charge in [0.1, 0.15) is 17.4 Å². The fourth-order valence-electron chi connectivity index (χ4n) is 2.10. The third-order valence-corrected chi connectivity index (χ3v) is 3.20. The molecule has 0 radical (unpaired) electrons. The van der Waals surface area contributed by atoms with Gasteiger partial charge in [0.25, 0.3) is 0 Å². The van der Waals surface area contributed by atoms with E-state index in [1.807, 2.05) is 13.8 Å². The van der Waals surface area contributed by atoms with Crippen LogP contribution in [0, 0.1) is 11.6 Å². The van der Waals surface area contributed by atoms with Crippen LogP contribution in [-0.4, -0.2) is 13.2 Å². The summed E-state index contributed by atoms with van der Waals surface area (Å²) in [5, 5.41) is 3.27. The minimum atomic E-state index is -0.420. The molecule has 2 aromatic carbocycles.